The van der Waals surface area contributed by atoms with Crippen LogP contribution in [0.5, 0.6) is 0 Å². The van der Waals surface area contributed by atoms with Crippen molar-refractivity contribution in [3.05, 3.63) is 34.0 Å². The SMILES string of the molecule is CCNC(=NCCc1sc(C)nc1C)N1CCN(c2ncccn2)CC1.I. The molecule has 0 saturated carbocycles. The van der Waals surface area contributed by atoms with Crippen molar-refractivity contribution in [1.29, 1.82) is 0 Å². The second-order valence-corrected chi connectivity index (χ2v) is 7.54. The van der Waals surface area contributed by atoms with Crippen molar-refractivity contribution in [2.45, 2.75) is 27.2 Å². The van der Waals surface area contributed by atoms with Crippen LogP contribution in [0.15, 0.2) is 23.5 Å². The lowest BCUT2D eigenvalue weighted by atomic mass is 10.3. The minimum Gasteiger partial charge on any atom is -0.357 e. The lowest BCUT2D eigenvalue weighted by molar-refractivity contribution is 0.370. The fraction of sp³-hybridized carbons (Fsp3) is 0.556. The Kier molecular flexibility index (Phi) is 8.68. The Morgan fingerprint density at radius 3 is 2.48 bits per heavy atom. The monoisotopic (exact) mass is 501 g/mol. The second-order valence-electron chi connectivity index (χ2n) is 6.25. The number of hydrogen-bond acceptors (Lipinski definition) is 6. The highest BCUT2D eigenvalue weighted by atomic mass is 127. The Balaban J connectivity index is 0.00000261. The van der Waals surface area contributed by atoms with Crippen LogP contribution in [0.2, 0.25) is 0 Å². The van der Waals surface area contributed by atoms with E-state index in [9.17, 15) is 0 Å². The number of nitrogens with one attached hydrogen (secondary N) is 1. The van der Waals surface area contributed by atoms with E-state index in [-0.39, 0.29) is 24.0 Å². The van der Waals surface area contributed by atoms with Crippen LogP contribution >= 0.6 is 35.3 Å². The van der Waals surface area contributed by atoms with Crippen LogP contribution in [0.25, 0.3) is 0 Å². The van der Waals surface area contributed by atoms with Crippen LogP contribution in [0, 0.1) is 13.8 Å². The number of rotatable bonds is 5. The molecule has 3 rings (SSSR count). The van der Waals surface area contributed by atoms with Gasteiger partial charge in [-0.2, -0.15) is 0 Å². The third-order valence-corrected chi connectivity index (χ3v) is 5.48. The maximum Gasteiger partial charge on any atom is 0.225 e. The zero-order chi connectivity index (χ0) is 18.4. The van der Waals surface area contributed by atoms with Crippen molar-refractivity contribution in [3.8, 4) is 0 Å². The third kappa shape index (κ3) is 6.00. The minimum atomic E-state index is 0. The average molecular weight is 501 g/mol. The summed E-state index contributed by atoms with van der Waals surface area (Å²) in [5.41, 5.74) is 1.14. The molecular formula is C18H28IN7S. The zero-order valence-electron chi connectivity index (χ0n) is 16.2. The fourth-order valence-corrected chi connectivity index (χ4v) is 3.99. The summed E-state index contributed by atoms with van der Waals surface area (Å²) in [7, 11) is 0. The largest absolute Gasteiger partial charge is 0.357 e. The van der Waals surface area contributed by atoms with Gasteiger partial charge in [0.05, 0.1) is 10.7 Å². The normalized spacial score (nSPS) is 14.9. The van der Waals surface area contributed by atoms with Crippen LogP contribution in [-0.2, 0) is 6.42 Å². The van der Waals surface area contributed by atoms with Crippen LogP contribution < -0.4 is 10.2 Å². The summed E-state index contributed by atoms with van der Waals surface area (Å²) in [6.45, 7) is 11.6. The van der Waals surface area contributed by atoms with Crippen LogP contribution in [0.4, 0.5) is 5.95 Å². The summed E-state index contributed by atoms with van der Waals surface area (Å²) in [5, 5.41) is 4.56. The van der Waals surface area contributed by atoms with E-state index in [0.29, 0.717) is 0 Å². The molecule has 1 aliphatic heterocycles. The van der Waals surface area contributed by atoms with Gasteiger partial charge >= 0.3 is 0 Å². The number of guanidine groups is 1. The molecular weight excluding hydrogens is 473 g/mol. The van der Waals surface area contributed by atoms with E-state index in [4.69, 9.17) is 4.99 Å². The molecule has 1 N–H and O–H groups in total. The van der Waals surface area contributed by atoms with E-state index < -0.39 is 0 Å². The Labute approximate surface area is 182 Å². The van der Waals surface area contributed by atoms with Crippen molar-refractivity contribution in [2.75, 3.05) is 44.2 Å². The summed E-state index contributed by atoms with van der Waals surface area (Å²) >= 11 is 1.78. The first kappa shape index (κ1) is 21.8. The molecule has 1 aliphatic rings. The summed E-state index contributed by atoms with van der Waals surface area (Å²) in [6, 6.07) is 1.85. The number of piperazine rings is 1. The van der Waals surface area contributed by atoms with Gasteiger partial charge in [0, 0.05) is 63.0 Å². The van der Waals surface area contributed by atoms with Gasteiger partial charge in [0.2, 0.25) is 5.95 Å². The Morgan fingerprint density at radius 2 is 1.89 bits per heavy atom. The Bertz CT molecular complexity index is 727. The predicted molar refractivity (Wildman–Crippen MR) is 123 cm³/mol. The molecule has 3 heterocycles. The van der Waals surface area contributed by atoms with E-state index in [2.05, 4.69) is 50.8 Å². The van der Waals surface area contributed by atoms with Gasteiger partial charge in [-0.1, -0.05) is 0 Å². The minimum absolute atomic E-state index is 0. The molecule has 0 amide bonds. The third-order valence-electron chi connectivity index (χ3n) is 4.35. The molecule has 27 heavy (non-hydrogen) atoms. The molecule has 0 aromatic carbocycles. The number of anilines is 1. The summed E-state index contributed by atoms with van der Waals surface area (Å²) in [4.78, 5) is 23.9. The molecule has 0 radical (unpaired) electrons. The van der Waals surface area contributed by atoms with Crippen molar-refractivity contribution < 1.29 is 0 Å². The number of thiazole rings is 1. The van der Waals surface area contributed by atoms with Gasteiger partial charge in [0.25, 0.3) is 0 Å². The quantitative estimate of drug-likeness (QED) is 0.386. The molecule has 148 valence electrons. The molecule has 0 bridgehead atoms. The first-order valence-corrected chi connectivity index (χ1v) is 9.97. The molecule has 0 aliphatic carbocycles. The number of hydrogen-bond donors (Lipinski definition) is 1. The van der Waals surface area contributed by atoms with Gasteiger partial charge < -0.3 is 15.1 Å². The number of aryl methyl sites for hydroxylation is 2. The Morgan fingerprint density at radius 1 is 1.19 bits per heavy atom. The maximum atomic E-state index is 4.84. The number of aliphatic imine (C=N–C) groups is 1. The molecule has 1 fully saturated rings. The topological polar surface area (TPSA) is 69.5 Å². The van der Waals surface area contributed by atoms with Gasteiger partial charge in [-0.3, -0.25) is 4.99 Å². The summed E-state index contributed by atoms with van der Waals surface area (Å²) in [5.74, 6) is 1.81. The van der Waals surface area contributed by atoms with Gasteiger partial charge in [-0.05, 0) is 26.8 Å². The first-order chi connectivity index (χ1) is 12.7. The lowest BCUT2D eigenvalue weighted by Crippen LogP contribution is -2.53. The van der Waals surface area contributed by atoms with Crippen molar-refractivity contribution >= 4 is 47.2 Å². The summed E-state index contributed by atoms with van der Waals surface area (Å²) < 4.78 is 0. The van der Waals surface area contributed by atoms with E-state index in [1.807, 2.05) is 6.07 Å². The highest BCUT2D eigenvalue weighted by molar-refractivity contribution is 14.0. The van der Waals surface area contributed by atoms with Crippen molar-refractivity contribution in [1.82, 2.24) is 25.2 Å². The predicted octanol–water partition coefficient (Wildman–Crippen LogP) is 2.50. The highest BCUT2D eigenvalue weighted by Gasteiger charge is 2.21. The Hall–Kier alpha value is -1.49. The molecule has 1 saturated heterocycles. The molecule has 9 heteroatoms. The lowest BCUT2D eigenvalue weighted by Gasteiger charge is -2.36. The van der Waals surface area contributed by atoms with Crippen molar-refractivity contribution in [2.24, 2.45) is 4.99 Å². The van der Waals surface area contributed by atoms with Crippen molar-refractivity contribution in [3.63, 3.8) is 0 Å². The molecule has 0 atom stereocenters. The van der Waals surface area contributed by atoms with E-state index in [0.717, 1.165) is 68.3 Å². The first-order valence-electron chi connectivity index (χ1n) is 9.15. The van der Waals surface area contributed by atoms with E-state index in [1.165, 1.54) is 4.88 Å². The number of aromatic nitrogens is 3. The second kappa shape index (κ2) is 10.7. The zero-order valence-corrected chi connectivity index (χ0v) is 19.3. The van der Waals surface area contributed by atoms with E-state index in [1.54, 1.807) is 23.7 Å². The molecule has 7 nitrogen and oxygen atoms in total. The van der Waals surface area contributed by atoms with E-state index >= 15 is 0 Å². The maximum absolute atomic E-state index is 4.84. The molecule has 2 aromatic heterocycles. The number of nitrogens with zero attached hydrogens (tertiary/aromatic N) is 6. The standard InChI is InChI=1S/C18H27N7S.HI/c1-4-19-17(22-9-6-16-14(2)23-15(3)26-16)24-10-12-25(13-11-24)18-20-7-5-8-21-18;/h5,7-8H,4,6,9-13H2,1-3H3,(H,19,22);1H. The average Bonchev–Trinajstić information content (AvgIpc) is 2.99. The molecule has 2 aromatic rings. The van der Waals surface area contributed by atoms with Gasteiger partial charge in [0.1, 0.15) is 0 Å². The van der Waals surface area contributed by atoms with Gasteiger partial charge in [-0.25, -0.2) is 15.0 Å². The highest BCUT2D eigenvalue weighted by Crippen LogP contribution is 2.17. The summed E-state index contributed by atoms with van der Waals surface area (Å²) in [6.07, 6.45) is 4.54. The fourth-order valence-electron chi connectivity index (χ4n) is 3.07. The number of halogens is 1. The van der Waals surface area contributed by atoms with Crippen LogP contribution in [0.3, 0.4) is 0 Å². The van der Waals surface area contributed by atoms with Gasteiger partial charge in [0.15, 0.2) is 5.96 Å². The van der Waals surface area contributed by atoms with Gasteiger partial charge in [-0.15, -0.1) is 35.3 Å². The molecule has 0 unspecified atom stereocenters. The van der Waals surface area contributed by atoms with Crippen LogP contribution in [0.1, 0.15) is 22.5 Å². The molecule has 0 spiro atoms. The smallest absolute Gasteiger partial charge is 0.225 e. The van der Waals surface area contributed by atoms with Crippen LogP contribution in [-0.4, -0.2) is 65.1 Å².